The molecule has 2 aliphatic rings. The number of thioether (sulfide) groups is 1. The number of aliphatic hydroxyl groups excluding tert-OH is 1. The Morgan fingerprint density at radius 1 is 0.681 bits per heavy atom. The molecule has 1 N–H and O–H groups in total. The molecule has 4 unspecified atom stereocenters. The van der Waals surface area contributed by atoms with E-state index in [0.717, 1.165) is 39.1 Å². The molecule has 0 spiro atoms. The molecular weight excluding hydrogens is 607 g/mol. The monoisotopic (exact) mass is 641 g/mol. The highest BCUT2D eigenvalue weighted by molar-refractivity contribution is 7.99. The van der Waals surface area contributed by atoms with Crippen LogP contribution in [0.25, 0.3) is 11.1 Å². The molecule has 2 amide bonds. The maximum Gasteiger partial charge on any atom is 0.261 e. The summed E-state index contributed by atoms with van der Waals surface area (Å²) in [5.74, 6) is 0.332. The van der Waals surface area contributed by atoms with Crippen molar-refractivity contribution < 1.29 is 24.2 Å². The van der Waals surface area contributed by atoms with Crippen molar-refractivity contribution in [2.45, 2.75) is 43.5 Å². The van der Waals surface area contributed by atoms with Crippen LogP contribution in [0.3, 0.4) is 0 Å². The van der Waals surface area contributed by atoms with Gasteiger partial charge in [0.1, 0.15) is 0 Å². The minimum absolute atomic E-state index is 0.00424. The van der Waals surface area contributed by atoms with Gasteiger partial charge in [0.05, 0.1) is 36.5 Å². The first kappa shape index (κ1) is 31.1. The lowest BCUT2D eigenvalue weighted by Crippen LogP contribution is -2.38. The molecule has 2 aliphatic heterocycles. The molecule has 2 heterocycles. The van der Waals surface area contributed by atoms with Crippen molar-refractivity contribution in [1.29, 1.82) is 0 Å². The van der Waals surface area contributed by atoms with Gasteiger partial charge in [0.15, 0.2) is 6.29 Å². The van der Waals surface area contributed by atoms with Gasteiger partial charge in [0.2, 0.25) is 0 Å². The highest BCUT2D eigenvalue weighted by atomic mass is 32.2. The van der Waals surface area contributed by atoms with E-state index in [1.54, 1.807) is 36.0 Å². The maximum atomic E-state index is 13.0. The summed E-state index contributed by atoms with van der Waals surface area (Å²) in [4.78, 5) is 28.5. The van der Waals surface area contributed by atoms with Gasteiger partial charge < -0.3 is 14.6 Å². The number of fused-ring (bicyclic) bond motifs is 1. The van der Waals surface area contributed by atoms with Crippen LogP contribution in [0.15, 0.2) is 132 Å². The van der Waals surface area contributed by atoms with Gasteiger partial charge in [-0.15, -0.1) is 11.8 Å². The predicted octanol–water partition coefficient (Wildman–Crippen LogP) is 8.23. The van der Waals surface area contributed by atoms with E-state index in [2.05, 4.69) is 25.1 Å². The summed E-state index contributed by atoms with van der Waals surface area (Å²) in [6, 6.07) is 41.4. The molecule has 0 bridgehead atoms. The highest BCUT2D eigenvalue weighted by Crippen LogP contribution is 2.43. The molecule has 6 nitrogen and oxygen atoms in total. The molecule has 0 saturated carbocycles. The molecule has 5 aromatic rings. The number of imide groups is 1. The topological polar surface area (TPSA) is 76.1 Å². The van der Waals surface area contributed by atoms with Gasteiger partial charge in [-0.25, -0.2) is 0 Å². The first-order valence-corrected chi connectivity index (χ1v) is 16.8. The van der Waals surface area contributed by atoms with Gasteiger partial charge in [-0.3, -0.25) is 14.5 Å². The number of hydrogen-bond acceptors (Lipinski definition) is 6. The van der Waals surface area contributed by atoms with Gasteiger partial charge in [0, 0.05) is 22.1 Å². The molecule has 47 heavy (non-hydrogen) atoms. The van der Waals surface area contributed by atoms with Crippen molar-refractivity contribution in [2.75, 3.05) is 5.75 Å². The number of nitrogens with zero attached hydrogens (tertiary/aromatic N) is 1. The molecule has 0 radical (unpaired) electrons. The van der Waals surface area contributed by atoms with Crippen LogP contribution in [0.2, 0.25) is 0 Å². The summed E-state index contributed by atoms with van der Waals surface area (Å²) in [7, 11) is 0. The molecule has 236 valence electrons. The summed E-state index contributed by atoms with van der Waals surface area (Å²) in [6.45, 7) is 2.37. The zero-order chi connectivity index (χ0) is 32.3. The Kier molecular flexibility index (Phi) is 9.05. The predicted molar refractivity (Wildman–Crippen MR) is 183 cm³/mol. The number of ether oxygens (including phenoxy) is 2. The lowest BCUT2D eigenvalue weighted by atomic mass is 9.91. The van der Waals surface area contributed by atoms with E-state index >= 15 is 0 Å². The average Bonchev–Trinajstić information content (AvgIpc) is 3.36. The Hall–Kier alpha value is -4.53. The normalized spacial score (nSPS) is 20.8. The fourth-order valence-electron chi connectivity index (χ4n) is 6.28. The number of carbonyl (C=O) groups excluding carboxylic acids is 2. The largest absolute Gasteiger partial charge is 0.392 e. The van der Waals surface area contributed by atoms with Crippen LogP contribution in [-0.2, 0) is 22.6 Å². The molecule has 0 aliphatic carbocycles. The SMILES string of the molecule is CC1C(CSc2ccccc2)OC(c2cccc(-c3cccc(CN4C(=O)c5ccccc5C4=O)c3)c2)OC1c1ccc(CO)cc1. The van der Waals surface area contributed by atoms with Gasteiger partial charge in [-0.2, -0.15) is 0 Å². The Bertz CT molecular complexity index is 1860. The number of carbonyl (C=O) groups is 2. The van der Waals surface area contributed by atoms with Gasteiger partial charge in [-0.1, -0.05) is 97.9 Å². The number of amides is 2. The molecule has 4 atom stereocenters. The zero-order valence-corrected chi connectivity index (χ0v) is 26.8. The van der Waals surface area contributed by atoms with Crippen LogP contribution in [0.5, 0.6) is 0 Å². The van der Waals surface area contributed by atoms with Crippen molar-refractivity contribution in [3.63, 3.8) is 0 Å². The Balaban J connectivity index is 1.14. The molecule has 7 heteroatoms. The third-order valence-electron chi connectivity index (χ3n) is 8.92. The second kappa shape index (κ2) is 13.7. The van der Waals surface area contributed by atoms with Crippen LogP contribution in [-0.4, -0.2) is 33.7 Å². The van der Waals surface area contributed by atoms with Crippen molar-refractivity contribution in [2.24, 2.45) is 5.92 Å². The van der Waals surface area contributed by atoms with Crippen LogP contribution in [0, 0.1) is 5.92 Å². The van der Waals surface area contributed by atoms with E-state index in [9.17, 15) is 14.7 Å². The summed E-state index contributed by atoms with van der Waals surface area (Å²) < 4.78 is 13.4. The highest BCUT2D eigenvalue weighted by Gasteiger charge is 2.39. The van der Waals surface area contributed by atoms with E-state index in [1.807, 2.05) is 84.9 Å². The second-order valence-corrected chi connectivity index (χ2v) is 13.1. The van der Waals surface area contributed by atoms with Crippen molar-refractivity contribution in [3.05, 3.63) is 161 Å². The number of benzene rings is 5. The van der Waals surface area contributed by atoms with Gasteiger partial charge in [-0.05, 0) is 64.2 Å². The number of rotatable bonds is 9. The second-order valence-electron chi connectivity index (χ2n) is 12.0. The van der Waals surface area contributed by atoms with E-state index in [0.29, 0.717) is 11.1 Å². The van der Waals surface area contributed by atoms with Crippen LogP contribution in [0.1, 0.15) is 62.3 Å². The summed E-state index contributed by atoms with van der Waals surface area (Å²) in [6.07, 6.45) is -0.862. The summed E-state index contributed by atoms with van der Waals surface area (Å²) in [5, 5.41) is 9.58. The zero-order valence-electron chi connectivity index (χ0n) is 26.0. The Morgan fingerprint density at radius 3 is 2.04 bits per heavy atom. The summed E-state index contributed by atoms with van der Waals surface area (Å²) >= 11 is 1.78. The lowest BCUT2D eigenvalue weighted by molar-refractivity contribution is -0.268. The molecule has 1 saturated heterocycles. The summed E-state index contributed by atoms with van der Waals surface area (Å²) in [5.41, 5.74) is 6.54. The molecule has 5 aromatic carbocycles. The van der Waals surface area contributed by atoms with E-state index in [-0.39, 0.29) is 43.1 Å². The molecule has 0 aromatic heterocycles. The van der Waals surface area contributed by atoms with Crippen LogP contribution >= 0.6 is 11.8 Å². The van der Waals surface area contributed by atoms with E-state index in [4.69, 9.17) is 9.47 Å². The minimum atomic E-state index is -0.587. The standard InChI is InChI=1S/C40H35NO5S/c1-26-36(25-47-33-13-3-2-4-14-33)45-40(46-37(26)29-19-17-27(24-42)18-20-29)32-12-8-11-31(22-32)30-10-7-9-28(21-30)23-41-38(43)34-15-5-6-16-35(34)39(41)44/h2-22,26,36-37,40,42H,23-25H2,1H3. The Labute approximate surface area is 279 Å². The van der Waals surface area contributed by atoms with Crippen molar-refractivity contribution >= 4 is 23.6 Å². The smallest absolute Gasteiger partial charge is 0.261 e. The van der Waals surface area contributed by atoms with Crippen LogP contribution < -0.4 is 0 Å². The molecule has 7 rings (SSSR count). The first-order chi connectivity index (χ1) is 23.0. The van der Waals surface area contributed by atoms with E-state index < -0.39 is 6.29 Å². The quantitative estimate of drug-likeness (QED) is 0.129. The fraction of sp³-hybridized carbons (Fsp3) is 0.200. The number of hydrogen-bond donors (Lipinski definition) is 1. The molecular formula is C40H35NO5S. The van der Waals surface area contributed by atoms with Gasteiger partial charge in [0.25, 0.3) is 11.8 Å². The molecule has 1 fully saturated rings. The fourth-order valence-corrected chi connectivity index (χ4v) is 7.37. The first-order valence-electron chi connectivity index (χ1n) is 15.8. The Morgan fingerprint density at radius 2 is 1.34 bits per heavy atom. The average molecular weight is 642 g/mol. The lowest BCUT2D eigenvalue weighted by Gasteiger charge is -2.41. The number of aliphatic hydroxyl groups is 1. The third kappa shape index (κ3) is 6.53. The van der Waals surface area contributed by atoms with Crippen LogP contribution in [0.4, 0.5) is 0 Å². The van der Waals surface area contributed by atoms with Crippen molar-refractivity contribution in [3.8, 4) is 11.1 Å². The van der Waals surface area contributed by atoms with Crippen molar-refractivity contribution in [1.82, 2.24) is 4.90 Å². The maximum absolute atomic E-state index is 13.0. The van der Waals surface area contributed by atoms with E-state index in [1.165, 1.54) is 9.80 Å². The minimum Gasteiger partial charge on any atom is -0.392 e. The third-order valence-corrected chi connectivity index (χ3v) is 10.0. The van der Waals surface area contributed by atoms with Gasteiger partial charge >= 0.3 is 0 Å².